The van der Waals surface area contributed by atoms with Gasteiger partial charge in [0.05, 0.1) is 0 Å². The summed E-state index contributed by atoms with van der Waals surface area (Å²) < 4.78 is 14.2. The summed E-state index contributed by atoms with van der Waals surface area (Å²) >= 11 is 0. The van der Waals surface area contributed by atoms with Crippen LogP contribution < -0.4 is 5.32 Å². The zero-order valence-electron chi connectivity index (χ0n) is 19.7. The topological polar surface area (TPSA) is 49.4 Å². The van der Waals surface area contributed by atoms with Crippen LogP contribution in [0.5, 0.6) is 0 Å². The lowest BCUT2D eigenvalue weighted by atomic mass is 9.90. The molecule has 1 atom stereocenters. The summed E-state index contributed by atoms with van der Waals surface area (Å²) in [5.41, 5.74) is 3.35. The first kappa shape index (κ1) is 22.8. The number of carbonyl (C=O) groups excluding carboxylic acids is 2. The highest BCUT2D eigenvalue weighted by molar-refractivity contribution is 5.95. The molecule has 1 N–H and O–H groups in total. The molecule has 178 valence electrons. The Labute approximate surface area is 201 Å². The Balaban J connectivity index is 1.13. The van der Waals surface area contributed by atoms with Gasteiger partial charge in [-0.15, -0.1) is 0 Å². The summed E-state index contributed by atoms with van der Waals surface area (Å²) in [5.74, 6) is -0.0285. The van der Waals surface area contributed by atoms with Gasteiger partial charge in [-0.05, 0) is 80.5 Å². The third kappa shape index (κ3) is 4.79. The Morgan fingerprint density at radius 2 is 1.88 bits per heavy atom. The number of likely N-dealkylation sites (tertiary alicyclic amines) is 1. The molecule has 4 nitrogen and oxygen atoms in total. The summed E-state index contributed by atoms with van der Waals surface area (Å²) in [6.45, 7) is 2.07. The molecule has 1 saturated carbocycles. The zero-order valence-corrected chi connectivity index (χ0v) is 19.7. The van der Waals surface area contributed by atoms with Crippen LogP contribution >= 0.6 is 0 Å². The van der Waals surface area contributed by atoms with Crippen molar-refractivity contribution in [1.29, 1.82) is 0 Å². The average Bonchev–Trinajstić information content (AvgIpc) is 3.58. The fourth-order valence-electron chi connectivity index (χ4n) is 5.72. The van der Waals surface area contributed by atoms with Gasteiger partial charge in [0.1, 0.15) is 5.82 Å². The second-order valence-corrected chi connectivity index (χ2v) is 10.1. The third-order valence-corrected chi connectivity index (χ3v) is 7.98. The molecule has 2 fully saturated rings. The number of rotatable bonds is 6. The predicted molar refractivity (Wildman–Crippen MR) is 132 cm³/mol. The van der Waals surface area contributed by atoms with Crippen LogP contribution in [0.3, 0.4) is 0 Å². The van der Waals surface area contributed by atoms with Crippen molar-refractivity contribution in [3.05, 3.63) is 71.6 Å². The monoisotopic (exact) mass is 460 g/mol. The Morgan fingerprint density at radius 1 is 1.06 bits per heavy atom. The van der Waals surface area contributed by atoms with E-state index in [0.717, 1.165) is 32.2 Å². The smallest absolute Gasteiger partial charge is 0.253 e. The van der Waals surface area contributed by atoms with E-state index in [4.69, 9.17) is 0 Å². The Hall–Kier alpha value is -2.95. The zero-order chi connectivity index (χ0) is 23.5. The number of nitrogens with zero attached hydrogens (tertiary/aromatic N) is 1. The Kier molecular flexibility index (Phi) is 6.53. The second-order valence-electron chi connectivity index (χ2n) is 10.1. The van der Waals surface area contributed by atoms with Crippen LogP contribution in [0.25, 0.3) is 11.1 Å². The summed E-state index contributed by atoms with van der Waals surface area (Å²) in [7, 11) is 0. The lowest BCUT2D eigenvalue weighted by molar-refractivity contribution is -0.123. The van der Waals surface area contributed by atoms with E-state index in [9.17, 15) is 14.0 Å². The van der Waals surface area contributed by atoms with E-state index < -0.39 is 0 Å². The van der Waals surface area contributed by atoms with Crippen LogP contribution in [0.2, 0.25) is 0 Å². The SMILES string of the molecule is O=C(NCCC1=CCCCC1)[C@H]1CC12CCN(C(=O)c1cccc(-c3ccccc3F)c1)CC2. The number of allylic oxidation sites excluding steroid dienone is 1. The van der Waals surface area contributed by atoms with Gasteiger partial charge in [0.2, 0.25) is 5.91 Å². The summed E-state index contributed by atoms with van der Waals surface area (Å²) in [6, 6.07) is 13.8. The molecule has 1 aliphatic heterocycles. The van der Waals surface area contributed by atoms with Crippen molar-refractivity contribution in [2.45, 2.75) is 51.4 Å². The fourth-order valence-corrected chi connectivity index (χ4v) is 5.72. The molecule has 2 amide bonds. The van der Waals surface area contributed by atoms with Gasteiger partial charge >= 0.3 is 0 Å². The van der Waals surface area contributed by atoms with Crippen LogP contribution in [0.15, 0.2) is 60.2 Å². The van der Waals surface area contributed by atoms with E-state index in [1.165, 1.54) is 37.3 Å². The highest BCUT2D eigenvalue weighted by Gasteiger charge is 2.58. The number of carbonyl (C=O) groups is 2. The van der Waals surface area contributed by atoms with Gasteiger partial charge in [-0.25, -0.2) is 4.39 Å². The van der Waals surface area contributed by atoms with Gasteiger partial charge in [-0.1, -0.05) is 42.0 Å². The van der Waals surface area contributed by atoms with E-state index in [1.807, 2.05) is 17.0 Å². The van der Waals surface area contributed by atoms with Gasteiger partial charge in [-0.3, -0.25) is 9.59 Å². The first-order chi connectivity index (χ1) is 16.6. The van der Waals surface area contributed by atoms with E-state index in [2.05, 4.69) is 11.4 Å². The van der Waals surface area contributed by atoms with Crippen LogP contribution in [0.1, 0.15) is 61.7 Å². The van der Waals surface area contributed by atoms with Crippen molar-refractivity contribution < 1.29 is 14.0 Å². The van der Waals surface area contributed by atoms with Gasteiger partial charge < -0.3 is 10.2 Å². The van der Waals surface area contributed by atoms with Gasteiger partial charge in [-0.2, -0.15) is 0 Å². The van der Waals surface area contributed by atoms with Crippen molar-refractivity contribution in [1.82, 2.24) is 10.2 Å². The molecular weight excluding hydrogens is 427 g/mol. The molecule has 0 bridgehead atoms. The van der Waals surface area contributed by atoms with Crippen LogP contribution in [0, 0.1) is 17.2 Å². The molecule has 5 heteroatoms. The Morgan fingerprint density at radius 3 is 2.65 bits per heavy atom. The maximum Gasteiger partial charge on any atom is 0.253 e. The normalized spacial score (nSPS) is 21.1. The molecule has 0 radical (unpaired) electrons. The summed E-state index contributed by atoms with van der Waals surface area (Å²) in [5, 5.41) is 3.16. The van der Waals surface area contributed by atoms with Crippen molar-refractivity contribution in [3.63, 3.8) is 0 Å². The molecular formula is C29H33FN2O2. The molecule has 1 saturated heterocycles. The summed E-state index contributed by atoms with van der Waals surface area (Å²) in [4.78, 5) is 27.8. The maximum atomic E-state index is 14.2. The molecule has 0 unspecified atom stereocenters. The number of hydrogen-bond acceptors (Lipinski definition) is 2. The first-order valence-corrected chi connectivity index (χ1v) is 12.7. The molecule has 0 aromatic heterocycles. The van der Waals surface area contributed by atoms with E-state index >= 15 is 0 Å². The minimum atomic E-state index is -0.291. The average molecular weight is 461 g/mol. The molecule has 3 aliphatic rings. The molecule has 2 aromatic carbocycles. The molecule has 1 spiro atoms. The van der Waals surface area contributed by atoms with E-state index in [-0.39, 0.29) is 29.0 Å². The fraction of sp³-hybridized carbons (Fsp3) is 0.448. The highest BCUT2D eigenvalue weighted by atomic mass is 19.1. The van der Waals surface area contributed by atoms with Gasteiger partial charge in [0, 0.05) is 36.7 Å². The van der Waals surface area contributed by atoms with Gasteiger partial charge in [0.25, 0.3) is 5.91 Å². The molecule has 2 aliphatic carbocycles. The first-order valence-electron chi connectivity index (χ1n) is 12.7. The predicted octanol–water partition coefficient (Wildman–Crippen LogP) is 5.74. The maximum absolute atomic E-state index is 14.2. The number of benzene rings is 2. The van der Waals surface area contributed by atoms with Crippen LogP contribution in [-0.2, 0) is 4.79 Å². The molecule has 5 rings (SSSR count). The number of hydrogen-bond donors (Lipinski definition) is 1. The molecule has 34 heavy (non-hydrogen) atoms. The van der Waals surface area contributed by atoms with E-state index in [1.54, 1.807) is 30.3 Å². The third-order valence-electron chi connectivity index (χ3n) is 7.98. The van der Waals surface area contributed by atoms with Crippen molar-refractivity contribution in [2.24, 2.45) is 11.3 Å². The van der Waals surface area contributed by atoms with E-state index in [0.29, 0.717) is 29.8 Å². The molecule has 2 aromatic rings. The largest absolute Gasteiger partial charge is 0.356 e. The Bertz CT molecular complexity index is 1100. The van der Waals surface area contributed by atoms with Crippen molar-refractivity contribution in [2.75, 3.05) is 19.6 Å². The van der Waals surface area contributed by atoms with Crippen molar-refractivity contribution in [3.8, 4) is 11.1 Å². The lowest BCUT2D eigenvalue weighted by Gasteiger charge is -2.33. The van der Waals surface area contributed by atoms with Crippen LogP contribution in [0.4, 0.5) is 4.39 Å². The van der Waals surface area contributed by atoms with Crippen LogP contribution in [-0.4, -0.2) is 36.3 Å². The number of nitrogens with one attached hydrogen (secondary N) is 1. The highest BCUT2D eigenvalue weighted by Crippen LogP contribution is 2.59. The van der Waals surface area contributed by atoms with Gasteiger partial charge in [0.15, 0.2) is 0 Å². The minimum absolute atomic E-state index is 0.0181. The number of piperidine rings is 1. The number of halogens is 1. The lowest BCUT2D eigenvalue weighted by Crippen LogP contribution is -2.40. The standard InChI is InChI=1S/C29H33FN2O2/c30-26-12-5-4-11-24(26)22-9-6-10-23(19-22)28(34)32-17-14-29(15-18-32)20-25(29)27(33)31-16-13-21-7-2-1-3-8-21/h4-7,9-12,19,25H,1-3,8,13-18,20H2,(H,31,33)/t25-/m1/s1. The minimum Gasteiger partial charge on any atom is -0.356 e. The molecule has 1 heterocycles. The van der Waals surface area contributed by atoms with Crippen molar-refractivity contribution >= 4 is 11.8 Å². The number of amides is 2. The summed E-state index contributed by atoms with van der Waals surface area (Å²) in [6.07, 6.45) is 10.9. The second kappa shape index (κ2) is 9.73. The quantitative estimate of drug-likeness (QED) is 0.559.